The van der Waals surface area contributed by atoms with Crippen molar-refractivity contribution >= 4 is 11.9 Å². The minimum Gasteiger partial charge on any atom is -0.393 e. The predicted octanol–water partition coefficient (Wildman–Crippen LogP) is -0.726. The van der Waals surface area contributed by atoms with Crippen molar-refractivity contribution in [3.05, 3.63) is 0 Å². The number of hydrogen-bond acceptors (Lipinski definition) is 4. The topological polar surface area (TPSA) is 95.7 Å². The summed E-state index contributed by atoms with van der Waals surface area (Å²) in [6, 6.07) is -0.802. The number of nitrogens with zero attached hydrogens (tertiary/aromatic N) is 1. The standard InChI is InChI=1S/C11H19N3O3/c12-11(17)13-10(16)3-4-14-5-7-1-2-9(15)8(7)6-14/h7-9,15H,1-6H2,(H3,12,13,16,17). The van der Waals surface area contributed by atoms with E-state index >= 15 is 0 Å². The van der Waals surface area contributed by atoms with Gasteiger partial charge in [0.25, 0.3) is 0 Å². The second kappa shape index (κ2) is 5.01. The molecule has 1 heterocycles. The zero-order valence-corrected chi connectivity index (χ0v) is 9.76. The van der Waals surface area contributed by atoms with Crippen molar-refractivity contribution in [3.8, 4) is 0 Å². The van der Waals surface area contributed by atoms with E-state index in [4.69, 9.17) is 5.73 Å². The van der Waals surface area contributed by atoms with Gasteiger partial charge >= 0.3 is 6.03 Å². The third kappa shape index (κ3) is 2.95. The number of likely N-dealkylation sites (tertiary alicyclic amines) is 1. The maximum Gasteiger partial charge on any atom is 0.318 e. The van der Waals surface area contributed by atoms with Crippen LogP contribution in [0.4, 0.5) is 4.79 Å². The van der Waals surface area contributed by atoms with E-state index in [1.807, 2.05) is 5.32 Å². The Bertz CT molecular complexity index is 321. The molecule has 1 saturated heterocycles. The van der Waals surface area contributed by atoms with E-state index in [0.29, 0.717) is 18.4 Å². The van der Waals surface area contributed by atoms with Crippen molar-refractivity contribution in [1.29, 1.82) is 0 Å². The number of aliphatic hydroxyl groups excluding tert-OH is 1. The molecule has 4 N–H and O–H groups in total. The summed E-state index contributed by atoms with van der Waals surface area (Å²) >= 11 is 0. The Morgan fingerprint density at radius 2 is 2.12 bits per heavy atom. The zero-order valence-electron chi connectivity index (χ0n) is 9.76. The average Bonchev–Trinajstić information content (AvgIpc) is 2.77. The number of imide groups is 1. The molecule has 0 spiro atoms. The van der Waals surface area contributed by atoms with Gasteiger partial charge in [-0.2, -0.15) is 0 Å². The van der Waals surface area contributed by atoms with Gasteiger partial charge in [-0.1, -0.05) is 0 Å². The van der Waals surface area contributed by atoms with Crippen molar-refractivity contribution in [2.45, 2.75) is 25.4 Å². The normalized spacial score (nSPS) is 32.4. The quantitative estimate of drug-likeness (QED) is 0.607. The van der Waals surface area contributed by atoms with Gasteiger partial charge in [-0.25, -0.2) is 4.79 Å². The zero-order chi connectivity index (χ0) is 12.4. The van der Waals surface area contributed by atoms with Gasteiger partial charge in [0.1, 0.15) is 0 Å². The fourth-order valence-electron chi connectivity index (χ4n) is 2.97. The van der Waals surface area contributed by atoms with E-state index < -0.39 is 6.03 Å². The minimum absolute atomic E-state index is 0.176. The molecule has 6 nitrogen and oxygen atoms in total. The largest absolute Gasteiger partial charge is 0.393 e. The molecule has 0 bridgehead atoms. The van der Waals surface area contributed by atoms with Crippen LogP contribution >= 0.6 is 0 Å². The molecule has 96 valence electrons. The van der Waals surface area contributed by atoms with Crippen LogP contribution in [0.1, 0.15) is 19.3 Å². The molecule has 1 aliphatic heterocycles. The van der Waals surface area contributed by atoms with Crippen LogP contribution < -0.4 is 11.1 Å². The molecule has 1 saturated carbocycles. The molecule has 6 heteroatoms. The number of nitrogens with one attached hydrogen (secondary N) is 1. The van der Waals surface area contributed by atoms with Crippen LogP contribution in [0.25, 0.3) is 0 Å². The van der Waals surface area contributed by atoms with Gasteiger partial charge < -0.3 is 15.7 Å². The first-order valence-electron chi connectivity index (χ1n) is 6.06. The lowest BCUT2D eigenvalue weighted by atomic mass is 10.00. The number of hydrogen-bond donors (Lipinski definition) is 3. The Kier molecular flexibility index (Phi) is 3.63. The average molecular weight is 241 g/mol. The molecule has 2 fully saturated rings. The summed E-state index contributed by atoms with van der Waals surface area (Å²) in [5.74, 6) is 0.605. The van der Waals surface area contributed by atoms with Gasteiger partial charge in [-0.05, 0) is 18.8 Å². The number of rotatable bonds is 3. The molecule has 2 rings (SSSR count). The fourth-order valence-corrected chi connectivity index (χ4v) is 2.97. The number of urea groups is 1. The molecule has 17 heavy (non-hydrogen) atoms. The molecule has 0 aromatic heterocycles. The van der Waals surface area contributed by atoms with E-state index in [1.165, 1.54) is 0 Å². The van der Waals surface area contributed by atoms with Crippen molar-refractivity contribution in [2.24, 2.45) is 17.6 Å². The van der Waals surface area contributed by atoms with Crippen molar-refractivity contribution in [3.63, 3.8) is 0 Å². The highest BCUT2D eigenvalue weighted by Gasteiger charge is 2.41. The Labute approximate surface area is 100 Å². The van der Waals surface area contributed by atoms with E-state index in [2.05, 4.69) is 4.90 Å². The maximum absolute atomic E-state index is 11.2. The summed E-state index contributed by atoms with van der Waals surface area (Å²) in [7, 11) is 0. The fraction of sp³-hybridized carbons (Fsp3) is 0.818. The van der Waals surface area contributed by atoms with Crippen molar-refractivity contribution < 1.29 is 14.7 Å². The molecule has 2 aliphatic rings. The van der Waals surface area contributed by atoms with Crippen LogP contribution in [0.2, 0.25) is 0 Å². The first-order chi connectivity index (χ1) is 8.06. The van der Waals surface area contributed by atoms with Crippen LogP contribution in [-0.2, 0) is 4.79 Å². The summed E-state index contributed by atoms with van der Waals surface area (Å²) in [5, 5.41) is 11.8. The summed E-state index contributed by atoms with van der Waals surface area (Å²) in [5.41, 5.74) is 4.85. The van der Waals surface area contributed by atoms with Crippen LogP contribution in [0, 0.1) is 11.8 Å². The first-order valence-corrected chi connectivity index (χ1v) is 6.06. The molecule has 3 unspecified atom stereocenters. The van der Waals surface area contributed by atoms with Crippen molar-refractivity contribution in [1.82, 2.24) is 10.2 Å². The highest BCUT2D eigenvalue weighted by Crippen LogP contribution is 2.37. The number of carbonyl (C=O) groups is 2. The maximum atomic E-state index is 11.2. The van der Waals surface area contributed by atoms with E-state index in [9.17, 15) is 14.7 Å². The summed E-state index contributed by atoms with van der Waals surface area (Å²) in [4.78, 5) is 23.9. The summed E-state index contributed by atoms with van der Waals surface area (Å²) < 4.78 is 0. The molecular weight excluding hydrogens is 222 g/mol. The molecule has 3 atom stereocenters. The van der Waals surface area contributed by atoms with Crippen molar-refractivity contribution in [2.75, 3.05) is 19.6 Å². The molecule has 3 amide bonds. The lowest BCUT2D eigenvalue weighted by Crippen LogP contribution is -2.37. The second-order valence-electron chi connectivity index (χ2n) is 4.99. The van der Waals surface area contributed by atoms with Gasteiger partial charge in [0.2, 0.25) is 5.91 Å². The van der Waals surface area contributed by atoms with Gasteiger partial charge in [-0.3, -0.25) is 10.1 Å². The molecule has 0 aromatic rings. The first kappa shape index (κ1) is 12.3. The Balaban J connectivity index is 1.72. The monoisotopic (exact) mass is 241 g/mol. The van der Waals surface area contributed by atoms with Gasteiger partial charge in [0.15, 0.2) is 0 Å². The third-order valence-corrected chi connectivity index (χ3v) is 3.81. The highest BCUT2D eigenvalue weighted by atomic mass is 16.3. The third-order valence-electron chi connectivity index (χ3n) is 3.81. The van der Waals surface area contributed by atoms with E-state index in [1.54, 1.807) is 0 Å². The second-order valence-corrected chi connectivity index (χ2v) is 4.99. The SMILES string of the molecule is NC(=O)NC(=O)CCN1CC2CCC(O)C2C1. The summed E-state index contributed by atoms with van der Waals surface area (Å²) in [6.45, 7) is 2.43. The summed E-state index contributed by atoms with van der Waals surface area (Å²) in [6.07, 6.45) is 2.09. The molecule has 0 radical (unpaired) electrons. The van der Waals surface area contributed by atoms with E-state index in [0.717, 1.165) is 25.9 Å². The minimum atomic E-state index is -0.802. The highest BCUT2D eigenvalue weighted by molar-refractivity contribution is 5.93. The van der Waals surface area contributed by atoms with Gasteiger partial charge in [-0.15, -0.1) is 0 Å². The number of aliphatic hydroxyl groups is 1. The lowest BCUT2D eigenvalue weighted by molar-refractivity contribution is -0.120. The van der Waals surface area contributed by atoms with Crippen LogP contribution in [0.3, 0.4) is 0 Å². The van der Waals surface area contributed by atoms with Crippen LogP contribution in [0.15, 0.2) is 0 Å². The van der Waals surface area contributed by atoms with Crippen LogP contribution in [-0.4, -0.2) is 47.7 Å². The molecular formula is C11H19N3O3. The number of carbonyl (C=O) groups excluding carboxylic acids is 2. The Morgan fingerprint density at radius 3 is 2.76 bits per heavy atom. The molecule has 0 aromatic carbocycles. The molecule has 1 aliphatic carbocycles. The van der Waals surface area contributed by atoms with E-state index in [-0.39, 0.29) is 18.4 Å². The number of primary amides is 1. The Morgan fingerprint density at radius 1 is 1.35 bits per heavy atom. The predicted molar refractivity (Wildman–Crippen MR) is 61.0 cm³/mol. The van der Waals surface area contributed by atoms with Gasteiger partial charge in [0, 0.05) is 32.0 Å². The lowest BCUT2D eigenvalue weighted by Gasteiger charge is -2.17. The Hall–Kier alpha value is -1.14. The number of nitrogens with two attached hydrogens (primary N) is 1. The van der Waals surface area contributed by atoms with Gasteiger partial charge in [0.05, 0.1) is 6.10 Å². The smallest absolute Gasteiger partial charge is 0.318 e. The number of amides is 3. The van der Waals surface area contributed by atoms with Crippen LogP contribution in [0.5, 0.6) is 0 Å². The number of fused-ring (bicyclic) bond motifs is 1.